The van der Waals surface area contributed by atoms with E-state index in [1.807, 2.05) is 0 Å². The third-order valence-electron chi connectivity index (χ3n) is 2.45. The first-order valence-electron chi connectivity index (χ1n) is 4.78. The number of nitrogens with zero attached hydrogens (tertiary/aromatic N) is 2. The van der Waals surface area contributed by atoms with Gasteiger partial charge >= 0.3 is 6.18 Å². The van der Waals surface area contributed by atoms with Gasteiger partial charge in [-0.2, -0.15) is 13.2 Å². The summed E-state index contributed by atoms with van der Waals surface area (Å²) >= 11 is 0. The first kappa shape index (κ1) is 12.1. The molecule has 0 aliphatic heterocycles. The van der Waals surface area contributed by atoms with Gasteiger partial charge in [0.05, 0.1) is 14.1 Å². The summed E-state index contributed by atoms with van der Waals surface area (Å²) in [6, 6.07) is 0. The summed E-state index contributed by atoms with van der Waals surface area (Å²) < 4.78 is 40.9. The molecule has 0 bridgehead atoms. The second-order valence-corrected chi connectivity index (χ2v) is 3.60. The van der Waals surface area contributed by atoms with E-state index in [9.17, 15) is 13.2 Å². The number of hydrogen-bond acceptors (Lipinski definition) is 0. The van der Waals surface area contributed by atoms with E-state index in [-0.39, 0.29) is 6.42 Å². The first-order chi connectivity index (χ1) is 6.86. The third kappa shape index (κ3) is 2.76. The zero-order valence-corrected chi connectivity index (χ0v) is 9.04. The molecule has 0 saturated heterocycles. The molecule has 0 aromatic carbocycles. The van der Waals surface area contributed by atoms with Gasteiger partial charge in [0.1, 0.15) is 12.4 Å². The van der Waals surface area contributed by atoms with Crippen LogP contribution in [0.3, 0.4) is 0 Å². The van der Waals surface area contributed by atoms with Gasteiger partial charge in [0.15, 0.2) is 5.72 Å². The van der Waals surface area contributed by atoms with E-state index in [1.165, 1.54) is 14.2 Å². The maximum absolute atomic E-state index is 12.5. The Morgan fingerprint density at radius 2 is 2.13 bits per heavy atom. The Bertz CT molecular complexity index is 313. The largest absolute Gasteiger partial charge is 0.385 e. The fraction of sp³-hybridized carbons (Fsp3) is 0.667. The van der Waals surface area contributed by atoms with Gasteiger partial charge in [-0.05, 0) is 0 Å². The van der Waals surface area contributed by atoms with Crippen LogP contribution >= 0.6 is 0 Å². The van der Waals surface area contributed by atoms with E-state index >= 15 is 0 Å². The minimum atomic E-state index is -4.16. The Balaban J connectivity index is 2.84. The van der Waals surface area contributed by atoms with Crippen LogP contribution in [0.25, 0.3) is 0 Å². The molecule has 0 amide bonds. The maximum atomic E-state index is 12.5. The number of imidazole rings is 1. The number of halogens is 3. The first-order valence-corrected chi connectivity index (χ1v) is 4.78. The standard InChI is InChI=1S/C9H14BF3N2/c1-4-7(9(11,12)13)10-8-14(2)5-6-15(8)3/h5-7H,4H2,1-3H3/q+1. The summed E-state index contributed by atoms with van der Waals surface area (Å²) in [5, 5.41) is 0. The molecule has 0 aliphatic rings. The van der Waals surface area contributed by atoms with E-state index in [1.54, 1.807) is 35.6 Å². The van der Waals surface area contributed by atoms with Crippen molar-refractivity contribution < 1.29 is 17.7 Å². The number of aryl methyl sites for hydroxylation is 2. The predicted octanol–water partition coefficient (Wildman–Crippen LogP) is 0.940. The van der Waals surface area contributed by atoms with Gasteiger partial charge in [0.25, 0.3) is 7.28 Å². The lowest BCUT2D eigenvalue weighted by atomic mass is 9.61. The van der Waals surface area contributed by atoms with Crippen LogP contribution in [0, 0.1) is 0 Å². The summed E-state index contributed by atoms with van der Waals surface area (Å²) in [5.74, 6) is -1.38. The summed E-state index contributed by atoms with van der Waals surface area (Å²) in [6.45, 7) is 1.54. The van der Waals surface area contributed by atoms with Crippen molar-refractivity contribution in [3.05, 3.63) is 12.4 Å². The lowest BCUT2D eigenvalue weighted by Crippen LogP contribution is -2.52. The Kier molecular flexibility index (Phi) is 3.47. The van der Waals surface area contributed by atoms with E-state index in [0.29, 0.717) is 5.72 Å². The van der Waals surface area contributed by atoms with Gasteiger partial charge in [0, 0.05) is 5.82 Å². The molecule has 1 unspecified atom stereocenters. The van der Waals surface area contributed by atoms with Crippen molar-refractivity contribution in [3.8, 4) is 0 Å². The van der Waals surface area contributed by atoms with E-state index in [2.05, 4.69) is 0 Å². The molecule has 0 saturated carbocycles. The van der Waals surface area contributed by atoms with Gasteiger partial charge in [-0.3, -0.25) is 0 Å². The highest BCUT2D eigenvalue weighted by Crippen LogP contribution is 2.32. The highest BCUT2D eigenvalue weighted by molar-refractivity contribution is 6.52. The quantitative estimate of drug-likeness (QED) is 0.527. The summed E-state index contributed by atoms with van der Waals surface area (Å²) in [5.41, 5.74) is 0.569. The van der Waals surface area contributed by atoms with Crippen molar-refractivity contribution in [1.82, 2.24) is 4.57 Å². The summed E-state index contributed by atoms with van der Waals surface area (Å²) in [4.78, 5) is 0. The Labute approximate surface area is 88.0 Å². The molecule has 1 atom stereocenters. The van der Waals surface area contributed by atoms with Gasteiger partial charge in [-0.25, -0.2) is 9.13 Å². The van der Waals surface area contributed by atoms with E-state index in [0.717, 1.165) is 0 Å². The third-order valence-corrected chi connectivity index (χ3v) is 2.45. The van der Waals surface area contributed by atoms with Gasteiger partial charge in [-0.1, -0.05) is 13.3 Å². The maximum Gasteiger partial charge on any atom is 0.385 e. The number of hydrogen-bond donors (Lipinski definition) is 0. The van der Waals surface area contributed by atoms with Crippen molar-refractivity contribution >= 4 is 13.0 Å². The molecule has 0 spiro atoms. The minimum absolute atomic E-state index is 0.0642. The summed E-state index contributed by atoms with van der Waals surface area (Å²) in [7, 11) is 4.73. The summed E-state index contributed by atoms with van der Waals surface area (Å²) in [6.07, 6.45) is -0.634. The monoisotopic (exact) mass is 218 g/mol. The van der Waals surface area contributed by atoms with Crippen LogP contribution in [0.1, 0.15) is 13.3 Å². The molecule has 15 heavy (non-hydrogen) atoms. The molecule has 0 N–H and O–H groups in total. The molecule has 1 aromatic heterocycles. The Morgan fingerprint density at radius 3 is 2.47 bits per heavy atom. The fourth-order valence-electron chi connectivity index (χ4n) is 1.46. The zero-order chi connectivity index (χ0) is 11.6. The van der Waals surface area contributed by atoms with Crippen LogP contribution in [-0.4, -0.2) is 18.0 Å². The molecule has 1 heterocycles. The van der Waals surface area contributed by atoms with Crippen LogP contribution in [0.2, 0.25) is 5.82 Å². The van der Waals surface area contributed by atoms with Crippen molar-refractivity contribution in [2.75, 3.05) is 0 Å². The SMILES string of the molecule is CCC([B]c1n(C)cc[n+]1C)C(F)(F)F. The molecular weight excluding hydrogens is 204 g/mol. The molecule has 1 aromatic rings. The smallest absolute Gasteiger partial charge is 0.247 e. The van der Waals surface area contributed by atoms with Crippen LogP contribution in [0.15, 0.2) is 12.4 Å². The molecule has 1 rings (SSSR count). The average Bonchev–Trinajstić information content (AvgIpc) is 2.41. The van der Waals surface area contributed by atoms with E-state index < -0.39 is 12.0 Å². The molecule has 1 radical (unpaired) electrons. The van der Waals surface area contributed by atoms with Crippen molar-refractivity contribution in [1.29, 1.82) is 0 Å². The molecular formula is C9H14BF3N2+. The Hall–Kier alpha value is -0.935. The second-order valence-electron chi connectivity index (χ2n) is 3.60. The van der Waals surface area contributed by atoms with Gasteiger partial charge in [0.2, 0.25) is 0 Å². The van der Waals surface area contributed by atoms with E-state index in [4.69, 9.17) is 0 Å². The Morgan fingerprint density at radius 1 is 1.53 bits per heavy atom. The molecule has 2 nitrogen and oxygen atoms in total. The van der Waals surface area contributed by atoms with Crippen LogP contribution < -0.4 is 10.3 Å². The predicted molar refractivity (Wildman–Crippen MR) is 52.1 cm³/mol. The van der Waals surface area contributed by atoms with Crippen molar-refractivity contribution in [3.63, 3.8) is 0 Å². The molecule has 6 heteroatoms. The molecule has 0 fully saturated rings. The molecule has 83 valence electrons. The molecule has 0 aliphatic carbocycles. The fourth-order valence-corrected chi connectivity index (χ4v) is 1.46. The highest BCUT2D eigenvalue weighted by atomic mass is 19.4. The minimum Gasteiger partial charge on any atom is -0.247 e. The normalized spacial score (nSPS) is 14.0. The van der Waals surface area contributed by atoms with Crippen LogP contribution in [-0.2, 0) is 14.1 Å². The average molecular weight is 218 g/mol. The lowest BCUT2D eigenvalue weighted by molar-refractivity contribution is -0.653. The van der Waals surface area contributed by atoms with Gasteiger partial charge in [-0.15, -0.1) is 0 Å². The van der Waals surface area contributed by atoms with Crippen molar-refractivity contribution in [2.24, 2.45) is 14.1 Å². The highest BCUT2D eigenvalue weighted by Gasteiger charge is 2.41. The van der Waals surface area contributed by atoms with Gasteiger partial charge < -0.3 is 0 Å². The topological polar surface area (TPSA) is 8.81 Å². The zero-order valence-electron chi connectivity index (χ0n) is 9.04. The van der Waals surface area contributed by atoms with Crippen LogP contribution in [0.5, 0.6) is 0 Å². The number of alkyl halides is 3. The lowest BCUT2D eigenvalue weighted by Gasteiger charge is -2.15. The second kappa shape index (κ2) is 4.29. The number of aromatic nitrogens is 2. The van der Waals surface area contributed by atoms with Crippen LogP contribution in [0.4, 0.5) is 13.2 Å². The number of rotatable bonds is 3. The van der Waals surface area contributed by atoms with Crippen molar-refractivity contribution in [2.45, 2.75) is 25.3 Å².